The van der Waals surface area contributed by atoms with Crippen molar-refractivity contribution in [3.8, 4) is 0 Å². The summed E-state index contributed by atoms with van der Waals surface area (Å²) in [5, 5.41) is 0. The first-order chi connectivity index (χ1) is 4.83. The summed E-state index contributed by atoms with van der Waals surface area (Å²) in [4.78, 5) is 0. The maximum absolute atomic E-state index is 5.25. The van der Waals surface area contributed by atoms with Gasteiger partial charge in [0.2, 0.25) is 0 Å². The molecule has 0 aliphatic carbocycles. The largest absolute Gasteiger partial charge is 0.333 e. The summed E-state index contributed by atoms with van der Waals surface area (Å²) in [5.74, 6) is 0.961. The van der Waals surface area contributed by atoms with Crippen LogP contribution in [0.3, 0.4) is 0 Å². The molecule has 68 valence electrons. The van der Waals surface area contributed by atoms with Crippen LogP contribution in [0.15, 0.2) is 0 Å². The minimum absolute atomic E-state index is 0.961. The van der Waals surface area contributed by atoms with E-state index in [1.54, 1.807) is 14.2 Å². The van der Waals surface area contributed by atoms with Crippen LogP contribution in [-0.2, 0) is 20.9 Å². The molecule has 11 heavy (non-hydrogen) atoms. The fourth-order valence-corrected chi connectivity index (χ4v) is 10.1. The SMILES string of the molecule is COP(=S)(C[Si](C)(C)C)OC. The second-order valence-corrected chi connectivity index (χ2v) is 13.7. The summed E-state index contributed by atoms with van der Waals surface area (Å²) >= 11 is 5.25. The van der Waals surface area contributed by atoms with Gasteiger partial charge >= 0.3 is 0 Å². The monoisotopic (exact) mass is 212 g/mol. The minimum atomic E-state index is -1.91. The van der Waals surface area contributed by atoms with Crippen molar-refractivity contribution >= 4 is 26.4 Å². The predicted octanol–water partition coefficient (Wildman–Crippen LogP) is 2.47. The quantitative estimate of drug-likeness (QED) is 0.527. The van der Waals surface area contributed by atoms with Gasteiger partial charge in [-0.2, -0.15) is 0 Å². The molecule has 0 aromatic carbocycles. The number of rotatable bonds is 4. The molecule has 0 saturated carbocycles. The molecule has 5 heteroatoms. The van der Waals surface area contributed by atoms with Crippen LogP contribution in [0.1, 0.15) is 0 Å². The van der Waals surface area contributed by atoms with Gasteiger partial charge in [-0.15, -0.1) is 0 Å². The van der Waals surface area contributed by atoms with Crippen LogP contribution in [0.5, 0.6) is 0 Å². The Bertz CT molecular complexity index is 158. The highest BCUT2D eigenvalue weighted by Gasteiger charge is 2.25. The maximum atomic E-state index is 5.25. The lowest BCUT2D eigenvalue weighted by atomic mass is 11.7. The lowest BCUT2D eigenvalue weighted by Gasteiger charge is -2.24. The molecule has 0 saturated heterocycles. The molecule has 0 aliphatic heterocycles. The van der Waals surface area contributed by atoms with Crippen molar-refractivity contribution < 1.29 is 9.05 Å². The first kappa shape index (κ1) is 11.8. The van der Waals surface area contributed by atoms with E-state index in [1.807, 2.05) is 0 Å². The van der Waals surface area contributed by atoms with Gasteiger partial charge in [0.25, 0.3) is 0 Å². The smallest absolute Gasteiger partial charge is 0.185 e. The Morgan fingerprint density at radius 3 is 1.64 bits per heavy atom. The van der Waals surface area contributed by atoms with Gasteiger partial charge < -0.3 is 9.05 Å². The predicted molar refractivity (Wildman–Crippen MR) is 56.5 cm³/mol. The molecule has 0 aliphatic rings. The molecule has 0 rings (SSSR count). The summed E-state index contributed by atoms with van der Waals surface area (Å²) in [5.41, 5.74) is 0. The van der Waals surface area contributed by atoms with E-state index in [1.165, 1.54) is 0 Å². The fourth-order valence-electron chi connectivity index (χ4n) is 0.785. The Kier molecular flexibility index (Phi) is 4.44. The highest BCUT2D eigenvalue weighted by atomic mass is 32.5. The van der Waals surface area contributed by atoms with E-state index >= 15 is 0 Å². The standard InChI is InChI=1S/C6H17O2PSSi/c1-7-9(10,8-2)6-11(3,4)5/h6H2,1-5H3. The third-order valence-electron chi connectivity index (χ3n) is 1.22. The molecule has 0 amide bonds. The van der Waals surface area contributed by atoms with Gasteiger partial charge in [0.15, 0.2) is 6.49 Å². The maximum Gasteiger partial charge on any atom is 0.185 e. The Morgan fingerprint density at radius 1 is 1.18 bits per heavy atom. The molecule has 0 unspecified atom stereocenters. The van der Waals surface area contributed by atoms with Crippen molar-refractivity contribution in [3.05, 3.63) is 0 Å². The van der Waals surface area contributed by atoms with Gasteiger partial charge in [-0.05, 0) is 11.8 Å². The molecule has 0 N–H and O–H groups in total. The topological polar surface area (TPSA) is 18.5 Å². The zero-order valence-corrected chi connectivity index (χ0v) is 10.6. The Morgan fingerprint density at radius 2 is 1.55 bits per heavy atom. The minimum Gasteiger partial charge on any atom is -0.333 e. The van der Waals surface area contributed by atoms with Gasteiger partial charge in [-0.1, -0.05) is 19.6 Å². The normalized spacial score (nSPS) is 13.5. The van der Waals surface area contributed by atoms with E-state index in [-0.39, 0.29) is 0 Å². The second kappa shape index (κ2) is 4.15. The fraction of sp³-hybridized carbons (Fsp3) is 1.00. The third kappa shape index (κ3) is 5.09. The van der Waals surface area contributed by atoms with Crippen LogP contribution in [-0.4, -0.2) is 28.1 Å². The molecular formula is C6H17O2PSSi. The third-order valence-corrected chi connectivity index (χ3v) is 9.74. The van der Waals surface area contributed by atoms with Crippen LogP contribution in [0.2, 0.25) is 19.6 Å². The van der Waals surface area contributed by atoms with E-state index in [0.717, 1.165) is 5.79 Å². The molecule has 2 nitrogen and oxygen atoms in total. The molecular weight excluding hydrogens is 195 g/mol. The molecule has 0 radical (unpaired) electrons. The van der Waals surface area contributed by atoms with Gasteiger partial charge in [-0.3, -0.25) is 0 Å². The molecule has 0 fully saturated rings. The summed E-state index contributed by atoms with van der Waals surface area (Å²) in [6.07, 6.45) is 0. The first-order valence-corrected chi connectivity index (χ1v) is 10.1. The zero-order valence-electron chi connectivity index (χ0n) is 7.88. The van der Waals surface area contributed by atoms with Crippen LogP contribution in [0.25, 0.3) is 0 Å². The number of hydrogen-bond donors (Lipinski definition) is 0. The summed E-state index contributed by atoms with van der Waals surface area (Å²) in [6, 6.07) is 0. The van der Waals surface area contributed by atoms with Crippen molar-refractivity contribution in [2.75, 3.05) is 20.0 Å². The molecule has 0 spiro atoms. The van der Waals surface area contributed by atoms with E-state index in [4.69, 9.17) is 20.9 Å². The van der Waals surface area contributed by atoms with E-state index in [0.29, 0.717) is 0 Å². The molecule has 0 atom stereocenters. The van der Waals surface area contributed by atoms with Gasteiger partial charge in [0, 0.05) is 20.0 Å². The lowest BCUT2D eigenvalue weighted by molar-refractivity contribution is 0.341. The summed E-state index contributed by atoms with van der Waals surface area (Å²) < 4.78 is 10.4. The van der Waals surface area contributed by atoms with Gasteiger partial charge in [0.1, 0.15) is 0 Å². The highest BCUT2D eigenvalue weighted by molar-refractivity contribution is 8.10. The summed E-state index contributed by atoms with van der Waals surface area (Å²) in [6.45, 7) is 4.90. The second-order valence-electron chi connectivity index (χ2n) is 3.69. The van der Waals surface area contributed by atoms with Gasteiger partial charge in [0.05, 0.1) is 8.07 Å². The lowest BCUT2D eigenvalue weighted by Crippen LogP contribution is -2.26. The van der Waals surface area contributed by atoms with E-state index in [2.05, 4.69) is 19.6 Å². The first-order valence-electron chi connectivity index (χ1n) is 3.53. The van der Waals surface area contributed by atoms with Crippen LogP contribution < -0.4 is 0 Å². The van der Waals surface area contributed by atoms with Gasteiger partial charge in [-0.25, -0.2) is 0 Å². The van der Waals surface area contributed by atoms with Crippen LogP contribution in [0, 0.1) is 0 Å². The van der Waals surface area contributed by atoms with E-state index < -0.39 is 14.6 Å². The Labute approximate surface area is 75.5 Å². The Hall–Kier alpha value is 0.787. The average molecular weight is 212 g/mol. The summed E-state index contributed by atoms with van der Waals surface area (Å²) in [7, 11) is 2.15. The number of hydrogen-bond acceptors (Lipinski definition) is 3. The van der Waals surface area contributed by atoms with Crippen molar-refractivity contribution in [1.29, 1.82) is 0 Å². The highest BCUT2D eigenvalue weighted by Crippen LogP contribution is 2.48. The van der Waals surface area contributed by atoms with Crippen LogP contribution >= 0.6 is 6.49 Å². The van der Waals surface area contributed by atoms with Crippen molar-refractivity contribution in [1.82, 2.24) is 0 Å². The zero-order chi connectivity index (χ0) is 9.12. The molecule has 0 aromatic heterocycles. The van der Waals surface area contributed by atoms with E-state index in [9.17, 15) is 0 Å². The van der Waals surface area contributed by atoms with Crippen molar-refractivity contribution in [3.63, 3.8) is 0 Å². The van der Waals surface area contributed by atoms with Crippen molar-refractivity contribution in [2.45, 2.75) is 19.6 Å². The van der Waals surface area contributed by atoms with Crippen LogP contribution in [0.4, 0.5) is 0 Å². The average Bonchev–Trinajstić information content (AvgIpc) is 1.84. The molecule has 0 bridgehead atoms. The molecule has 0 aromatic rings. The Balaban J connectivity index is 4.21. The van der Waals surface area contributed by atoms with Crippen molar-refractivity contribution in [2.24, 2.45) is 0 Å². The molecule has 0 heterocycles.